The molecule has 3 aromatic rings. The molecule has 1 saturated heterocycles. The van der Waals surface area contributed by atoms with E-state index < -0.39 is 10.0 Å². The third-order valence-electron chi connectivity index (χ3n) is 5.39. The van der Waals surface area contributed by atoms with Gasteiger partial charge in [0.25, 0.3) is 0 Å². The number of hydrogen-bond donors (Lipinski definition) is 0. The van der Waals surface area contributed by atoms with Gasteiger partial charge in [0, 0.05) is 42.1 Å². The molecule has 5 nitrogen and oxygen atoms in total. The number of sulfonamides is 1. The Hall–Kier alpha value is -1.64. The molecule has 0 saturated carbocycles. The van der Waals surface area contributed by atoms with Gasteiger partial charge in [0.05, 0.1) is 10.7 Å². The summed E-state index contributed by atoms with van der Waals surface area (Å²) in [7, 11) is -3.70. The first-order valence-corrected chi connectivity index (χ1v) is 12.6. The van der Waals surface area contributed by atoms with Crippen LogP contribution in [-0.4, -0.2) is 43.9 Å². The van der Waals surface area contributed by atoms with E-state index in [1.807, 2.05) is 6.07 Å². The van der Waals surface area contributed by atoms with Crippen molar-refractivity contribution in [1.29, 1.82) is 0 Å². The third kappa shape index (κ3) is 4.09. The average Bonchev–Trinajstić information content (AvgIpc) is 3.22. The molecule has 0 spiro atoms. The van der Waals surface area contributed by atoms with Crippen molar-refractivity contribution in [2.75, 3.05) is 31.1 Å². The summed E-state index contributed by atoms with van der Waals surface area (Å²) in [5.41, 5.74) is 4.55. The summed E-state index contributed by atoms with van der Waals surface area (Å²) >= 11 is 13.7. The van der Waals surface area contributed by atoms with Crippen molar-refractivity contribution in [2.45, 2.75) is 18.7 Å². The Labute approximate surface area is 190 Å². The minimum atomic E-state index is -3.70. The lowest BCUT2D eigenvalue weighted by atomic mass is 10.0. The minimum absolute atomic E-state index is 0.0524. The molecule has 2 aromatic carbocycles. The normalized spacial score (nSPS) is 15.5. The lowest BCUT2D eigenvalue weighted by Gasteiger charge is -2.34. The van der Waals surface area contributed by atoms with Crippen LogP contribution in [0.3, 0.4) is 0 Å². The van der Waals surface area contributed by atoms with Gasteiger partial charge in [-0.05, 0) is 43.2 Å². The van der Waals surface area contributed by atoms with E-state index in [4.69, 9.17) is 28.2 Å². The van der Waals surface area contributed by atoms with Crippen LogP contribution in [0.4, 0.5) is 5.13 Å². The van der Waals surface area contributed by atoms with Crippen LogP contribution in [0.25, 0.3) is 11.3 Å². The zero-order valence-electron chi connectivity index (χ0n) is 16.6. The van der Waals surface area contributed by atoms with Crippen LogP contribution in [0.15, 0.2) is 46.7 Å². The Bertz CT molecular complexity index is 1190. The Morgan fingerprint density at radius 3 is 2.50 bits per heavy atom. The van der Waals surface area contributed by atoms with E-state index in [0.29, 0.717) is 31.2 Å². The molecule has 2 heterocycles. The minimum Gasteiger partial charge on any atom is -0.345 e. The predicted octanol–water partition coefficient (Wildman–Crippen LogP) is 5.24. The number of hydrogen-bond acceptors (Lipinski definition) is 5. The summed E-state index contributed by atoms with van der Waals surface area (Å²) in [6.07, 6.45) is 0. The number of rotatable bonds is 4. The predicted molar refractivity (Wildman–Crippen MR) is 124 cm³/mol. The number of benzene rings is 2. The summed E-state index contributed by atoms with van der Waals surface area (Å²) in [6, 6.07) is 10.7. The lowest BCUT2D eigenvalue weighted by Crippen LogP contribution is -2.48. The van der Waals surface area contributed by atoms with Crippen molar-refractivity contribution >= 4 is 49.7 Å². The van der Waals surface area contributed by atoms with Gasteiger partial charge in [0.2, 0.25) is 10.0 Å². The maximum absolute atomic E-state index is 13.0. The maximum atomic E-state index is 13.0. The molecule has 158 valence electrons. The van der Waals surface area contributed by atoms with Crippen molar-refractivity contribution in [1.82, 2.24) is 9.29 Å². The van der Waals surface area contributed by atoms with Gasteiger partial charge < -0.3 is 4.90 Å². The molecule has 0 amide bonds. The van der Waals surface area contributed by atoms with Crippen molar-refractivity contribution in [3.05, 3.63) is 63.0 Å². The molecule has 30 heavy (non-hydrogen) atoms. The van der Waals surface area contributed by atoms with Crippen LogP contribution < -0.4 is 4.90 Å². The summed E-state index contributed by atoms with van der Waals surface area (Å²) in [4.78, 5) is 7.00. The fraction of sp³-hybridized carbons (Fsp3) is 0.286. The highest BCUT2D eigenvalue weighted by Gasteiger charge is 2.31. The zero-order chi connectivity index (χ0) is 21.5. The Kier molecular flexibility index (Phi) is 6.10. The quantitative estimate of drug-likeness (QED) is 0.510. The van der Waals surface area contributed by atoms with E-state index in [1.165, 1.54) is 27.6 Å². The lowest BCUT2D eigenvalue weighted by molar-refractivity contribution is 0.385. The van der Waals surface area contributed by atoms with Crippen LogP contribution >= 0.6 is 34.5 Å². The summed E-state index contributed by atoms with van der Waals surface area (Å²) in [6.45, 7) is 6.06. The van der Waals surface area contributed by atoms with Crippen molar-refractivity contribution < 1.29 is 8.42 Å². The van der Waals surface area contributed by atoms with Crippen LogP contribution in [0, 0.1) is 13.8 Å². The first-order chi connectivity index (χ1) is 14.3. The van der Waals surface area contributed by atoms with Gasteiger partial charge in [-0.15, -0.1) is 11.3 Å². The van der Waals surface area contributed by atoms with Crippen molar-refractivity contribution in [2.24, 2.45) is 0 Å². The van der Waals surface area contributed by atoms with E-state index in [2.05, 4.69) is 36.3 Å². The fourth-order valence-corrected chi connectivity index (χ4v) is 6.53. The number of thiazole rings is 1. The largest absolute Gasteiger partial charge is 0.345 e. The van der Waals surface area contributed by atoms with Crippen LogP contribution in [0.1, 0.15) is 11.1 Å². The van der Waals surface area contributed by atoms with Gasteiger partial charge in [-0.3, -0.25) is 0 Å². The highest BCUT2D eigenvalue weighted by molar-refractivity contribution is 7.89. The number of halogens is 2. The number of aromatic nitrogens is 1. The van der Waals surface area contributed by atoms with Crippen molar-refractivity contribution in [3.8, 4) is 11.3 Å². The molecule has 1 aliphatic rings. The van der Waals surface area contributed by atoms with Crippen molar-refractivity contribution in [3.63, 3.8) is 0 Å². The highest BCUT2D eigenvalue weighted by atomic mass is 35.5. The molecule has 0 atom stereocenters. The van der Waals surface area contributed by atoms with E-state index in [0.717, 1.165) is 16.4 Å². The Balaban J connectivity index is 1.50. The molecule has 0 bridgehead atoms. The van der Waals surface area contributed by atoms with Crippen LogP contribution in [0.5, 0.6) is 0 Å². The molecule has 0 aliphatic carbocycles. The Morgan fingerprint density at radius 1 is 1.03 bits per heavy atom. The van der Waals surface area contributed by atoms with Crippen LogP contribution in [-0.2, 0) is 10.0 Å². The third-order valence-corrected chi connectivity index (χ3v) is 8.91. The second-order valence-electron chi connectivity index (χ2n) is 7.23. The van der Waals surface area contributed by atoms with Gasteiger partial charge in [-0.2, -0.15) is 4.31 Å². The summed E-state index contributed by atoms with van der Waals surface area (Å²) in [5.74, 6) is 0. The number of aryl methyl sites for hydroxylation is 1. The van der Waals surface area contributed by atoms with Crippen LogP contribution in [0.2, 0.25) is 10.0 Å². The van der Waals surface area contributed by atoms with E-state index in [-0.39, 0.29) is 9.92 Å². The van der Waals surface area contributed by atoms with Gasteiger partial charge in [0.15, 0.2) is 5.13 Å². The average molecular weight is 482 g/mol. The molecule has 0 unspecified atom stereocenters. The van der Waals surface area contributed by atoms with Gasteiger partial charge in [-0.25, -0.2) is 13.4 Å². The van der Waals surface area contributed by atoms with E-state index >= 15 is 0 Å². The van der Waals surface area contributed by atoms with Gasteiger partial charge in [-0.1, -0.05) is 41.4 Å². The van der Waals surface area contributed by atoms with Gasteiger partial charge >= 0.3 is 0 Å². The first-order valence-electron chi connectivity index (χ1n) is 9.49. The number of anilines is 1. The molecular weight excluding hydrogens is 461 g/mol. The second-order valence-corrected chi connectivity index (χ2v) is 10.8. The molecule has 1 fully saturated rings. The second kappa shape index (κ2) is 8.48. The fourth-order valence-electron chi connectivity index (χ4n) is 3.50. The highest BCUT2D eigenvalue weighted by Crippen LogP contribution is 2.32. The molecular formula is C21H21Cl2N3O2S2. The molecule has 9 heteroatoms. The monoisotopic (exact) mass is 481 g/mol. The molecule has 0 radical (unpaired) electrons. The first kappa shape index (κ1) is 21.6. The topological polar surface area (TPSA) is 53.5 Å². The summed E-state index contributed by atoms with van der Waals surface area (Å²) < 4.78 is 27.5. The Morgan fingerprint density at radius 2 is 1.77 bits per heavy atom. The van der Waals surface area contributed by atoms with E-state index in [9.17, 15) is 8.42 Å². The smallest absolute Gasteiger partial charge is 0.244 e. The summed E-state index contributed by atoms with van der Waals surface area (Å²) in [5, 5.41) is 3.49. The molecule has 4 rings (SSSR count). The zero-order valence-corrected chi connectivity index (χ0v) is 19.7. The molecule has 1 aromatic heterocycles. The number of piperazine rings is 1. The van der Waals surface area contributed by atoms with Gasteiger partial charge in [0.1, 0.15) is 4.90 Å². The van der Waals surface area contributed by atoms with E-state index in [1.54, 1.807) is 17.4 Å². The standard InChI is InChI=1S/C21H21Cl2N3O2S2/c1-14-4-3-5-17(15(14)2)19-13-29-21(24-19)25-8-10-26(11-9-25)30(27,28)20-12-16(22)6-7-18(20)23/h3-7,12-13H,8-11H2,1-2H3. The maximum Gasteiger partial charge on any atom is 0.244 e. The molecule has 0 N–H and O–H groups in total. The molecule has 1 aliphatic heterocycles. The number of nitrogens with zero attached hydrogens (tertiary/aromatic N) is 3. The SMILES string of the molecule is Cc1cccc(-c2csc(N3CCN(S(=O)(=O)c4cc(Cl)ccc4Cl)CC3)n2)c1C.